The highest BCUT2D eigenvalue weighted by Crippen LogP contribution is 2.27. The normalized spacial score (nSPS) is 11.9. The van der Waals surface area contributed by atoms with Crippen LogP contribution in [0.3, 0.4) is 0 Å². The number of carbonyl (C=O) groups excluding carboxylic acids is 1. The first-order valence-electron chi connectivity index (χ1n) is 6.70. The Kier molecular flexibility index (Phi) is 5.63. The Hall–Kier alpha value is -1.78. The molecule has 0 saturated carbocycles. The third kappa shape index (κ3) is 4.61. The fourth-order valence-corrected chi connectivity index (χ4v) is 2.97. The highest BCUT2D eigenvalue weighted by molar-refractivity contribution is 8.00. The second kappa shape index (κ2) is 7.47. The lowest BCUT2D eigenvalue weighted by Gasteiger charge is -2.11. The number of rotatable bonds is 6. The molecule has 0 bridgehead atoms. The average molecular weight is 335 g/mol. The number of Topliss-reactive ketones (excluding diaryl/α,β-unsaturated/α-hetero) is 1. The van der Waals surface area contributed by atoms with Crippen molar-refractivity contribution >= 4 is 35.1 Å². The van der Waals surface area contributed by atoms with Gasteiger partial charge < -0.3 is 5.11 Å². The molecule has 114 valence electrons. The molecule has 0 aliphatic carbocycles. The number of carbonyl (C=O) groups is 2. The number of ketones is 1. The van der Waals surface area contributed by atoms with Crippen molar-refractivity contribution in [2.75, 3.05) is 0 Å². The number of benzene rings is 2. The fourth-order valence-electron chi connectivity index (χ4n) is 1.88. The summed E-state index contributed by atoms with van der Waals surface area (Å²) in [6.45, 7) is 1.97. The summed E-state index contributed by atoms with van der Waals surface area (Å²) in [4.78, 5) is 24.4. The number of hydrogen-bond donors (Lipinski definition) is 1. The third-order valence-corrected chi connectivity index (χ3v) is 4.56. The molecular weight excluding hydrogens is 320 g/mol. The molecule has 2 rings (SSSR count). The second-order valence-corrected chi connectivity index (χ2v) is 6.60. The molecule has 0 aliphatic heterocycles. The van der Waals surface area contributed by atoms with Crippen LogP contribution in [0.2, 0.25) is 5.02 Å². The molecule has 0 amide bonds. The van der Waals surface area contributed by atoms with Crippen LogP contribution in [0.5, 0.6) is 0 Å². The lowest BCUT2D eigenvalue weighted by molar-refractivity contribution is -0.136. The summed E-state index contributed by atoms with van der Waals surface area (Å²) < 4.78 is 0. The molecule has 0 heterocycles. The van der Waals surface area contributed by atoms with Crippen LogP contribution in [0.4, 0.5) is 0 Å². The summed E-state index contributed by atoms with van der Waals surface area (Å²) in [7, 11) is 0. The summed E-state index contributed by atoms with van der Waals surface area (Å²) in [5.41, 5.74) is 1.58. The molecule has 0 saturated heterocycles. The van der Waals surface area contributed by atoms with Gasteiger partial charge in [-0.2, -0.15) is 0 Å². The minimum Gasteiger partial charge on any atom is -0.480 e. The van der Waals surface area contributed by atoms with E-state index >= 15 is 0 Å². The maximum Gasteiger partial charge on any atom is 0.317 e. The van der Waals surface area contributed by atoms with Gasteiger partial charge in [-0.05, 0) is 43.3 Å². The zero-order valence-corrected chi connectivity index (χ0v) is 13.5. The zero-order chi connectivity index (χ0) is 16.1. The highest BCUT2D eigenvalue weighted by atomic mass is 35.5. The topological polar surface area (TPSA) is 54.4 Å². The van der Waals surface area contributed by atoms with Crippen molar-refractivity contribution in [1.82, 2.24) is 0 Å². The third-order valence-electron chi connectivity index (χ3n) is 3.11. The van der Waals surface area contributed by atoms with Crippen LogP contribution in [0, 0.1) is 6.92 Å². The lowest BCUT2D eigenvalue weighted by atomic mass is 10.1. The highest BCUT2D eigenvalue weighted by Gasteiger charge is 2.23. The van der Waals surface area contributed by atoms with E-state index in [0.717, 1.165) is 10.5 Å². The Labute approximate surface area is 138 Å². The Bertz CT molecular complexity index is 665. The zero-order valence-electron chi connectivity index (χ0n) is 12.0. The first-order chi connectivity index (χ1) is 10.5. The number of aryl methyl sites for hydroxylation is 1. The van der Waals surface area contributed by atoms with E-state index in [1.807, 2.05) is 31.2 Å². The van der Waals surface area contributed by atoms with Crippen molar-refractivity contribution < 1.29 is 14.7 Å². The molecule has 1 N–H and O–H groups in total. The van der Waals surface area contributed by atoms with Gasteiger partial charge in [0.1, 0.15) is 5.25 Å². The van der Waals surface area contributed by atoms with Crippen LogP contribution in [0.1, 0.15) is 22.3 Å². The smallest absolute Gasteiger partial charge is 0.317 e. The SMILES string of the molecule is Cc1ccc(SC(CC(=O)c2ccc(Cl)cc2)C(=O)O)cc1. The van der Waals surface area contributed by atoms with Gasteiger partial charge >= 0.3 is 5.97 Å². The summed E-state index contributed by atoms with van der Waals surface area (Å²) in [6, 6.07) is 14.0. The van der Waals surface area contributed by atoms with Crippen molar-refractivity contribution in [3.05, 3.63) is 64.7 Å². The van der Waals surface area contributed by atoms with Crippen molar-refractivity contribution in [2.24, 2.45) is 0 Å². The molecule has 2 aromatic carbocycles. The van der Waals surface area contributed by atoms with Gasteiger partial charge in [-0.25, -0.2) is 0 Å². The van der Waals surface area contributed by atoms with Gasteiger partial charge in [0.05, 0.1) is 0 Å². The summed E-state index contributed by atoms with van der Waals surface area (Å²) in [6.07, 6.45) is -0.0600. The molecule has 5 heteroatoms. The first-order valence-corrected chi connectivity index (χ1v) is 7.96. The largest absolute Gasteiger partial charge is 0.480 e. The molecular formula is C17H15ClO3S. The molecule has 0 aliphatic rings. The first kappa shape index (κ1) is 16.6. The number of carboxylic acids is 1. The average Bonchev–Trinajstić information content (AvgIpc) is 2.49. The van der Waals surface area contributed by atoms with Crippen LogP contribution < -0.4 is 0 Å². The van der Waals surface area contributed by atoms with E-state index in [2.05, 4.69) is 0 Å². The van der Waals surface area contributed by atoms with Crippen LogP contribution in [-0.2, 0) is 4.79 Å². The van der Waals surface area contributed by atoms with Gasteiger partial charge in [0, 0.05) is 21.9 Å². The molecule has 1 unspecified atom stereocenters. The van der Waals surface area contributed by atoms with Gasteiger partial charge in [0.2, 0.25) is 0 Å². The van der Waals surface area contributed by atoms with Gasteiger partial charge in [-0.15, -0.1) is 11.8 Å². The van der Waals surface area contributed by atoms with E-state index in [1.165, 1.54) is 11.8 Å². The number of halogens is 1. The van der Waals surface area contributed by atoms with E-state index < -0.39 is 11.2 Å². The molecule has 3 nitrogen and oxygen atoms in total. The van der Waals surface area contributed by atoms with Crippen molar-refractivity contribution in [1.29, 1.82) is 0 Å². The minimum absolute atomic E-state index is 0.0600. The quantitative estimate of drug-likeness (QED) is 0.625. The molecule has 0 aromatic heterocycles. The predicted molar refractivity (Wildman–Crippen MR) is 88.9 cm³/mol. The van der Waals surface area contributed by atoms with E-state index in [9.17, 15) is 14.7 Å². The molecule has 22 heavy (non-hydrogen) atoms. The number of aliphatic carboxylic acids is 1. The number of carboxylic acid groups (broad SMARTS) is 1. The van der Waals surface area contributed by atoms with Crippen molar-refractivity contribution in [3.8, 4) is 0 Å². The van der Waals surface area contributed by atoms with Crippen LogP contribution in [0.15, 0.2) is 53.4 Å². The fraction of sp³-hybridized carbons (Fsp3) is 0.176. The Balaban J connectivity index is 2.08. The molecule has 0 fully saturated rings. The number of hydrogen-bond acceptors (Lipinski definition) is 3. The molecule has 0 spiro atoms. The molecule has 2 aromatic rings. The van der Waals surface area contributed by atoms with Gasteiger partial charge in [-0.1, -0.05) is 29.3 Å². The Morgan fingerprint density at radius 1 is 1.09 bits per heavy atom. The monoisotopic (exact) mass is 334 g/mol. The van der Waals surface area contributed by atoms with E-state index in [1.54, 1.807) is 24.3 Å². The van der Waals surface area contributed by atoms with Crippen LogP contribution in [0.25, 0.3) is 0 Å². The Morgan fingerprint density at radius 3 is 2.23 bits per heavy atom. The maximum absolute atomic E-state index is 12.2. The summed E-state index contributed by atoms with van der Waals surface area (Å²) in [5, 5.41) is 9.06. The van der Waals surface area contributed by atoms with Crippen molar-refractivity contribution in [2.45, 2.75) is 23.5 Å². The van der Waals surface area contributed by atoms with Crippen molar-refractivity contribution in [3.63, 3.8) is 0 Å². The predicted octanol–water partition coefficient (Wildman–Crippen LogP) is 4.47. The van der Waals surface area contributed by atoms with E-state index in [4.69, 9.17) is 11.6 Å². The van der Waals surface area contributed by atoms with E-state index in [0.29, 0.717) is 10.6 Å². The second-order valence-electron chi connectivity index (χ2n) is 4.89. The van der Waals surface area contributed by atoms with Crippen LogP contribution >= 0.6 is 23.4 Å². The minimum atomic E-state index is -0.993. The van der Waals surface area contributed by atoms with E-state index in [-0.39, 0.29) is 12.2 Å². The maximum atomic E-state index is 12.2. The number of thioether (sulfide) groups is 1. The van der Waals surface area contributed by atoms with Crippen LogP contribution in [-0.4, -0.2) is 22.1 Å². The molecule has 0 radical (unpaired) electrons. The summed E-state index contributed by atoms with van der Waals surface area (Å²) in [5.74, 6) is -1.20. The standard InChI is InChI=1S/C17H15ClO3S/c1-11-2-8-14(9-3-11)22-16(17(20)21)10-15(19)12-4-6-13(18)7-5-12/h2-9,16H,10H2,1H3,(H,20,21). The van der Waals surface area contributed by atoms with Gasteiger partial charge in [0.15, 0.2) is 5.78 Å². The summed E-state index contributed by atoms with van der Waals surface area (Å²) >= 11 is 6.97. The Morgan fingerprint density at radius 2 is 1.68 bits per heavy atom. The molecule has 1 atom stereocenters. The van der Waals surface area contributed by atoms with Gasteiger partial charge in [-0.3, -0.25) is 9.59 Å². The lowest BCUT2D eigenvalue weighted by Crippen LogP contribution is -2.20. The van der Waals surface area contributed by atoms with Gasteiger partial charge in [0.25, 0.3) is 0 Å².